The van der Waals surface area contributed by atoms with Crippen molar-refractivity contribution in [2.75, 3.05) is 6.86 Å². The minimum absolute atomic E-state index is 1.59. The monoisotopic (exact) mass is 160 g/mol. The van der Waals surface area contributed by atoms with Crippen molar-refractivity contribution in [3.63, 3.8) is 0 Å². The maximum atomic E-state index is 11.7. The average molecular weight is 160 g/mol. The van der Waals surface area contributed by atoms with Crippen LogP contribution in [0, 0.1) is 0 Å². The maximum Gasteiger partial charge on any atom is 0.349 e. The standard InChI is InChI=1S/C4H4F4O2/c5-1-10-4(9)2(6)3(7)8/h2-3H,1H2/t2-/m0/s1. The molecule has 0 fully saturated rings. The molecule has 60 valence electrons. The zero-order valence-electron chi connectivity index (χ0n) is 4.69. The third-order valence-electron chi connectivity index (χ3n) is 0.643. The van der Waals surface area contributed by atoms with Gasteiger partial charge in [0.1, 0.15) is 0 Å². The second kappa shape index (κ2) is 4.08. The van der Waals surface area contributed by atoms with Crippen LogP contribution in [0.25, 0.3) is 0 Å². The van der Waals surface area contributed by atoms with Crippen LogP contribution in [0.3, 0.4) is 0 Å². The summed E-state index contributed by atoms with van der Waals surface area (Å²) in [4.78, 5) is 9.87. The molecule has 0 aliphatic carbocycles. The third kappa shape index (κ3) is 2.65. The molecule has 0 radical (unpaired) electrons. The number of carbonyl (C=O) groups excluding carboxylic acids is 1. The van der Waals surface area contributed by atoms with Gasteiger partial charge in [0.2, 0.25) is 6.86 Å². The Hall–Kier alpha value is -0.810. The largest absolute Gasteiger partial charge is 0.431 e. The van der Waals surface area contributed by atoms with Crippen molar-refractivity contribution in [1.29, 1.82) is 0 Å². The van der Waals surface area contributed by atoms with Gasteiger partial charge in [-0.2, -0.15) is 0 Å². The Morgan fingerprint density at radius 3 is 2.20 bits per heavy atom. The highest BCUT2D eigenvalue weighted by Crippen LogP contribution is 2.06. The first-order chi connectivity index (χ1) is 4.59. The summed E-state index contributed by atoms with van der Waals surface area (Å²) in [5, 5.41) is 0. The van der Waals surface area contributed by atoms with E-state index in [1.807, 2.05) is 0 Å². The van der Waals surface area contributed by atoms with E-state index >= 15 is 0 Å². The number of esters is 1. The third-order valence-corrected chi connectivity index (χ3v) is 0.643. The second-order valence-corrected chi connectivity index (χ2v) is 1.31. The zero-order chi connectivity index (χ0) is 8.15. The normalized spacial score (nSPS) is 13.3. The minimum atomic E-state index is -3.46. The molecule has 0 unspecified atom stereocenters. The molecule has 0 bridgehead atoms. The van der Waals surface area contributed by atoms with E-state index in [1.165, 1.54) is 0 Å². The highest BCUT2D eigenvalue weighted by Gasteiger charge is 2.29. The molecule has 0 amide bonds. The van der Waals surface area contributed by atoms with Gasteiger partial charge in [-0.25, -0.2) is 22.4 Å². The zero-order valence-corrected chi connectivity index (χ0v) is 4.69. The molecule has 0 N–H and O–H groups in total. The van der Waals surface area contributed by atoms with Gasteiger partial charge in [0.05, 0.1) is 0 Å². The van der Waals surface area contributed by atoms with Crippen LogP contribution in [-0.4, -0.2) is 25.4 Å². The van der Waals surface area contributed by atoms with E-state index in [-0.39, 0.29) is 0 Å². The number of ether oxygens (including phenoxy) is 1. The molecule has 0 aliphatic heterocycles. The highest BCUT2D eigenvalue weighted by molar-refractivity contribution is 5.74. The van der Waals surface area contributed by atoms with Gasteiger partial charge in [-0.15, -0.1) is 0 Å². The number of alkyl halides is 4. The summed E-state index contributed by atoms with van der Waals surface area (Å²) in [6, 6.07) is 0. The van der Waals surface area contributed by atoms with Crippen molar-refractivity contribution in [3.8, 4) is 0 Å². The molecule has 2 nitrogen and oxygen atoms in total. The van der Waals surface area contributed by atoms with Crippen LogP contribution in [0.2, 0.25) is 0 Å². The van der Waals surface area contributed by atoms with Crippen LogP contribution in [0.15, 0.2) is 0 Å². The maximum absolute atomic E-state index is 11.7. The van der Waals surface area contributed by atoms with E-state index in [0.29, 0.717) is 0 Å². The van der Waals surface area contributed by atoms with Gasteiger partial charge >= 0.3 is 5.97 Å². The molecule has 6 heteroatoms. The number of rotatable bonds is 3. The van der Waals surface area contributed by atoms with Crippen LogP contribution in [0.4, 0.5) is 17.6 Å². The molecular formula is C4H4F4O2. The summed E-state index contributed by atoms with van der Waals surface area (Å²) in [6.45, 7) is -1.59. The predicted octanol–water partition coefficient (Wildman–Crippen LogP) is 1.06. The average Bonchev–Trinajstić information content (AvgIpc) is 1.87. The van der Waals surface area contributed by atoms with Crippen molar-refractivity contribution in [3.05, 3.63) is 0 Å². The number of hydrogen-bond acceptors (Lipinski definition) is 2. The molecular weight excluding hydrogens is 156 g/mol. The van der Waals surface area contributed by atoms with Crippen LogP contribution in [0.1, 0.15) is 0 Å². The van der Waals surface area contributed by atoms with E-state index in [1.54, 1.807) is 0 Å². The van der Waals surface area contributed by atoms with Crippen LogP contribution < -0.4 is 0 Å². The van der Waals surface area contributed by atoms with Crippen molar-refractivity contribution >= 4 is 5.97 Å². The Bertz CT molecular complexity index is 116. The first-order valence-corrected chi connectivity index (χ1v) is 2.24. The van der Waals surface area contributed by atoms with E-state index in [4.69, 9.17) is 0 Å². The molecule has 0 rings (SSSR count). The van der Waals surface area contributed by atoms with Gasteiger partial charge in [0, 0.05) is 0 Å². The van der Waals surface area contributed by atoms with Gasteiger partial charge in [-0.05, 0) is 0 Å². The molecule has 10 heavy (non-hydrogen) atoms. The smallest absolute Gasteiger partial charge is 0.349 e. The van der Waals surface area contributed by atoms with E-state index in [9.17, 15) is 22.4 Å². The molecule has 1 atom stereocenters. The Kier molecular flexibility index (Phi) is 3.75. The fourth-order valence-electron chi connectivity index (χ4n) is 0.236. The Morgan fingerprint density at radius 2 is 1.90 bits per heavy atom. The number of halogens is 4. The highest BCUT2D eigenvalue weighted by atomic mass is 19.3. The summed E-state index contributed by atoms with van der Waals surface area (Å²) in [5.74, 6) is -1.88. The first-order valence-electron chi connectivity index (χ1n) is 2.24. The Morgan fingerprint density at radius 1 is 1.40 bits per heavy atom. The van der Waals surface area contributed by atoms with Gasteiger partial charge in [-0.1, -0.05) is 0 Å². The summed E-state index contributed by atoms with van der Waals surface area (Å²) in [6.07, 6.45) is -6.50. The van der Waals surface area contributed by atoms with E-state index in [2.05, 4.69) is 4.74 Å². The fraction of sp³-hybridized carbons (Fsp3) is 0.750. The van der Waals surface area contributed by atoms with Gasteiger partial charge < -0.3 is 4.74 Å². The number of hydrogen-bond donors (Lipinski definition) is 0. The summed E-state index contributed by atoms with van der Waals surface area (Å²) in [5.41, 5.74) is 0. The molecule has 0 saturated heterocycles. The summed E-state index contributed by atoms with van der Waals surface area (Å²) < 4.78 is 48.4. The fourth-order valence-corrected chi connectivity index (χ4v) is 0.236. The van der Waals surface area contributed by atoms with E-state index < -0.39 is 25.4 Å². The van der Waals surface area contributed by atoms with Crippen LogP contribution in [-0.2, 0) is 9.53 Å². The second-order valence-electron chi connectivity index (χ2n) is 1.31. The van der Waals surface area contributed by atoms with Gasteiger partial charge in [0.25, 0.3) is 12.6 Å². The quantitative estimate of drug-likeness (QED) is 0.455. The van der Waals surface area contributed by atoms with Crippen LogP contribution in [0.5, 0.6) is 0 Å². The number of carbonyl (C=O) groups is 1. The van der Waals surface area contributed by atoms with Crippen molar-refractivity contribution in [2.24, 2.45) is 0 Å². The SMILES string of the molecule is O=C(OCF)[C@@H](F)C(F)F. The molecule has 0 aromatic rings. The Balaban J connectivity index is 3.71. The first kappa shape index (κ1) is 9.19. The lowest BCUT2D eigenvalue weighted by Gasteiger charge is -2.03. The molecule has 0 saturated carbocycles. The molecule has 0 aromatic carbocycles. The van der Waals surface area contributed by atoms with Gasteiger partial charge in [0.15, 0.2) is 0 Å². The lowest BCUT2D eigenvalue weighted by Crippen LogP contribution is -2.25. The van der Waals surface area contributed by atoms with Crippen molar-refractivity contribution in [2.45, 2.75) is 12.6 Å². The van der Waals surface area contributed by atoms with Crippen LogP contribution >= 0.6 is 0 Å². The summed E-state index contributed by atoms with van der Waals surface area (Å²) in [7, 11) is 0. The topological polar surface area (TPSA) is 26.3 Å². The summed E-state index contributed by atoms with van der Waals surface area (Å²) >= 11 is 0. The molecule has 0 aromatic heterocycles. The lowest BCUT2D eigenvalue weighted by molar-refractivity contribution is -0.159. The molecule has 0 aliphatic rings. The van der Waals surface area contributed by atoms with Gasteiger partial charge in [-0.3, -0.25) is 0 Å². The lowest BCUT2D eigenvalue weighted by atomic mass is 10.4. The predicted molar refractivity (Wildman–Crippen MR) is 23.0 cm³/mol. The Labute approximate surface area is 53.8 Å². The van der Waals surface area contributed by atoms with Crippen molar-refractivity contribution in [1.82, 2.24) is 0 Å². The molecule has 0 spiro atoms. The minimum Gasteiger partial charge on any atom is -0.431 e. The molecule has 0 heterocycles. The van der Waals surface area contributed by atoms with Crippen molar-refractivity contribution < 1.29 is 27.1 Å². The van der Waals surface area contributed by atoms with E-state index in [0.717, 1.165) is 0 Å².